The fourth-order valence-electron chi connectivity index (χ4n) is 7.31. The molecule has 0 amide bonds. The van der Waals surface area contributed by atoms with Crippen molar-refractivity contribution in [3.63, 3.8) is 0 Å². The van der Waals surface area contributed by atoms with Gasteiger partial charge in [0, 0.05) is 0 Å². The molecule has 0 aliphatic heterocycles. The van der Waals surface area contributed by atoms with Crippen LogP contribution in [0.25, 0.3) is 87.6 Å². The van der Waals surface area contributed by atoms with E-state index in [2.05, 4.69) is 182 Å². The lowest BCUT2D eigenvalue weighted by Gasteiger charge is -2.21. The fourth-order valence-corrected chi connectivity index (χ4v) is 7.31. The monoisotopic (exact) mass is 582 g/mol. The molecule has 9 aromatic carbocycles. The molecule has 9 aromatic rings. The largest absolute Gasteiger partial charge is 0.0622 e. The average molecular weight is 583 g/mol. The second kappa shape index (κ2) is 10.9. The molecule has 0 saturated heterocycles. The van der Waals surface area contributed by atoms with E-state index in [4.69, 9.17) is 0 Å². The van der Waals surface area contributed by atoms with Crippen molar-refractivity contribution < 1.29 is 0 Å². The SMILES string of the molecule is c1ccc(-c2ccc(-c3c4ccccc4c(-c4cc5c(ccc6ccccc65)cc4-c4ccccc4)c4ccccc34)cc2)cc1. The summed E-state index contributed by atoms with van der Waals surface area (Å²) in [6.45, 7) is 0. The van der Waals surface area contributed by atoms with Gasteiger partial charge in [0.15, 0.2) is 0 Å². The van der Waals surface area contributed by atoms with Crippen molar-refractivity contribution in [1.82, 2.24) is 0 Å². The van der Waals surface area contributed by atoms with Crippen LogP contribution in [0, 0.1) is 0 Å². The van der Waals surface area contributed by atoms with Gasteiger partial charge in [-0.05, 0) is 99.7 Å². The van der Waals surface area contributed by atoms with E-state index < -0.39 is 0 Å². The summed E-state index contributed by atoms with van der Waals surface area (Å²) >= 11 is 0. The molecular weight excluding hydrogens is 553 g/mol. The predicted octanol–water partition coefficient (Wildman–Crippen LogP) is 13.0. The molecule has 0 unspecified atom stereocenters. The highest BCUT2D eigenvalue weighted by Crippen LogP contribution is 2.47. The van der Waals surface area contributed by atoms with Crippen LogP contribution in [0.5, 0.6) is 0 Å². The normalized spacial score (nSPS) is 11.5. The molecule has 0 N–H and O–H groups in total. The third-order valence-electron chi connectivity index (χ3n) is 9.45. The van der Waals surface area contributed by atoms with Crippen LogP contribution in [0.1, 0.15) is 0 Å². The Balaban J connectivity index is 1.38. The highest BCUT2D eigenvalue weighted by atomic mass is 14.2. The Morgan fingerprint density at radius 3 is 1.30 bits per heavy atom. The summed E-state index contributed by atoms with van der Waals surface area (Å²) < 4.78 is 0. The molecule has 0 heterocycles. The van der Waals surface area contributed by atoms with Crippen LogP contribution in [0.15, 0.2) is 182 Å². The quantitative estimate of drug-likeness (QED) is 0.143. The standard InChI is InChI=1S/C46H30/c1-3-13-31(14-4-1)32-23-26-35(27-24-32)45-38-19-9-11-21-40(38)46(41-22-12-10-20-39(41)45)44-30-43-36(28-25-34-17-7-8-18-37(34)43)29-42(44)33-15-5-2-6-16-33/h1-30H. The topological polar surface area (TPSA) is 0 Å². The number of rotatable bonds is 4. The Hall–Kier alpha value is -5.98. The summed E-state index contributed by atoms with van der Waals surface area (Å²) in [7, 11) is 0. The highest BCUT2D eigenvalue weighted by Gasteiger charge is 2.20. The molecule has 9 rings (SSSR count). The van der Waals surface area contributed by atoms with Crippen LogP contribution < -0.4 is 0 Å². The molecule has 0 aromatic heterocycles. The van der Waals surface area contributed by atoms with Gasteiger partial charge in [-0.2, -0.15) is 0 Å². The van der Waals surface area contributed by atoms with Gasteiger partial charge < -0.3 is 0 Å². The van der Waals surface area contributed by atoms with E-state index in [1.807, 2.05) is 0 Å². The van der Waals surface area contributed by atoms with E-state index in [0.29, 0.717) is 0 Å². The summed E-state index contributed by atoms with van der Waals surface area (Å²) in [5, 5.41) is 10.1. The van der Waals surface area contributed by atoms with Gasteiger partial charge in [-0.1, -0.05) is 170 Å². The predicted molar refractivity (Wildman–Crippen MR) is 198 cm³/mol. The van der Waals surface area contributed by atoms with Crippen LogP contribution in [-0.4, -0.2) is 0 Å². The van der Waals surface area contributed by atoms with Gasteiger partial charge in [0.1, 0.15) is 0 Å². The van der Waals surface area contributed by atoms with Gasteiger partial charge >= 0.3 is 0 Å². The van der Waals surface area contributed by atoms with E-state index >= 15 is 0 Å². The van der Waals surface area contributed by atoms with Gasteiger partial charge in [0.05, 0.1) is 0 Å². The van der Waals surface area contributed by atoms with Crippen molar-refractivity contribution in [3.05, 3.63) is 182 Å². The lowest BCUT2D eigenvalue weighted by Crippen LogP contribution is -1.93. The third kappa shape index (κ3) is 4.30. The maximum atomic E-state index is 2.45. The second-order valence-electron chi connectivity index (χ2n) is 12.1. The van der Waals surface area contributed by atoms with Crippen molar-refractivity contribution in [2.45, 2.75) is 0 Å². The van der Waals surface area contributed by atoms with E-state index in [1.165, 1.54) is 87.6 Å². The smallest absolute Gasteiger partial charge is 0.00199 e. The molecule has 0 bridgehead atoms. The van der Waals surface area contributed by atoms with Gasteiger partial charge in [0.25, 0.3) is 0 Å². The number of hydrogen-bond donors (Lipinski definition) is 0. The molecule has 214 valence electrons. The van der Waals surface area contributed by atoms with Crippen molar-refractivity contribution in [2.24, 2.45) is 0 Å². The second-order valence-corrected chi connectivity index (χ2v) is 12.1. The van der Waals surface area contributed by atoms with E-state index in [-0.39, 0.29) is 0 Å². The zero-order chi connectivity index (χ0) is 30.5. The maximum absolute atomic E-state index is 2.45. The highest BCUT2D eigenvalue weighted by molar-refractivity contribution is 6.23. The molecule has 0 aliphatic carbocycles. The summed E-state index contributed by atoms with van der Waals surface area (Å²) in [6.07, 6.45) is 0. The Morgan fingerprint density at radius 2 is 0.674 bits per heavy atom. The zero-order valence-electron chi connectivity index (χ0n) is 25.3. The number of benzene rings is 9. The third-order valence-corrected chi connectivity index (χ3v) is 9.45. The van der Waals surface area contributed by atoms with E-state index in [9.17, 15) is 0 Å². The van der Waals surface area contributed by atoms with Crippen LogP contribution in [0.3, 0.4) is 0 Å². The lowest BCUT2D eigenvalue weighted by molar-refractivity contribution is 1.61. The summed E-state index contributed by atoms with van der Waals surface area (Å²) in [5.41, 5.74) is 9.98. The minimum absolute atomic E-state index is 1.22. The Bertz CT molecular complexity index is 2480. The Morgan fingerprint density at radius 1 is 0.217 bits per heavy atom. The molecular formula is C46H30. The Labute approximate surface area is 268 Å². The van der Waals surface area contributed by atoms with Crippen LogP contribution in [0.2, 0.25) is 0 Å². The first kappa shape index (κ1) is 26.4. The van der Waals surface area contributed by atoms with Crippen molar-refractivity contribution in [3.8, 4) is 44.5 Å². The molecule has 0 heteroatoms. The fraction of sp³-hybridized carbons (Fsp3) is 0. The van der Waals surface area contributed by atoms with Crippen molar-refractivity contribution >= 4 is 43.1 Å². The first-order valence-corrected chi connectivity index (χ1v) is 15.9. The molecule has 0 atom stereocenters. The van der Waals surface area contributed by atoms with Crippen molar-refractivity contribution in [1.29, 1.82) is 0 Å². The molecule has 0 aliphatic rings. The zero-order valence-corrected chi connectivity index (χ0v) is 25.3. The van der Waals surface area contributed by atoms with Crippen LogP contribution >= 0.6 is 0 Å². The van der Waals surface area contributed by atoms with E-state index in [1.54, 1.807) is 0 Å². The number of hydrogen-bond acceptors (Lipinski definition) is 0. The Kier molecular flexibility index (Phi) is 6.25. The summed E-state index contributed by atoms with van der Waals surface area (Å²) in [5.74, 6) is 0. The molecule has 0 fully saturated rings. The van der Waals surface area contributed by atoms with E-state index in [0.717, 1.165) is 0 Å². The average Bonchev–Trinajstić information content (AvgIpc) is 3.14. The maximum Gasteiger partial charge on any atom is -0.00199 e. The van der Waals surface area contributed by atoms with Crippen molar-refractivity contribution in [2.75, 3.05) is 0 Å². The molecule has 0 saturated carbocycles. The molecule has 0 radical (unpaired) electrons. The minimum atomic E-state index is 1.22. The molecule has 46 heavy (non-hydrogen) atoms. The number of fused-ring (bicyclic) bond motifs is 5. The minimum Gasteiger partial charge on any atom is -0.0622 e. The summed E-state index contributed by atoms with van der Waals surface area (Å²) in [6, 6.07) is 66.6. The van der Waals surface area contributed by atoms with Gasteiger partial charge in [-0.15, -0.1) is 0 Å². The molecule has 0 spiro atoms. The van der Waals surface area contributed by atoms with Gasteiger partial charge in [-0.3, -0.25) is 0 Å². The van der Waals surface area contributed by atoms with Crippen LogP contribution in [-0.2, 0) is 0 Å². The summed E-state index contributed by atoms with van der Waals surface area (Å²) in [4.78, 5) is 0. The molecule has 0 nitrogen and oxygen atoms in total. The first-order valence-electron chi connectivity index (χ1n) is 15.9. The van der Waals surface area contributed by atoms with Crippen LogP contribution in [0.4, 0.5) is 0 Å². The lowest BCUT2D eigenvalue weighted by atomic mass is 9.82. The van der Waals surface area contributed by atoms with Gasteiger partial charge in [-0.25, -0.2) is 0 Å². The first-order chi connectivity index (χ1) is 22.8. The van der Waals surface area contributed by atoms with Gasteiger partial charge in [0.2, 0.25) is 0 Å².